The van der Waals surface area contributed by atoms with Gasteiger partial charge in [-0.25, -0.2) is 0 Å². The normalized spacial score (nSPS) is 14.3. The third-order valence-corrected chi connectivity index (χ3v) is 3.76. The molecule has 1 heterocycles. The van der Waals surface area contributed by atoms with E-state index < -0.39 is 0 Å². The number of aryl methyl sites for hydroxylation is 1. The SMILES string of the molecule is Cc1cc(Oc2cccc(Br)c2)c(CNC2CC2)cn1. The lowest BCUT2D eigenvalue weighted by molar-refractivity contribution is 0.470. The summed E-state index contributed by atoms with van der Waals surface area (Å²) in [6.45, 7) is 2.78. The summed E-state index contributed by atoms with van der Waals surface area (Å²) in [7, 11) is 0. The fourth-order valence-corrected chi connectivity index (χ4v) is 2.37. The van der Waals surface area contributed by atoms with E-state index in [4.69, 9.17) is 4.74 Å². The highest BCUT2D eigenvalue weighted by Crippen LogP contribution is 2.28. The van der Waals surface area contributed by atoms with Gasteiger partial charge in [0.1, 0.15) is 11.5 Å². The number of benzene rings is 1. The summed E-state index contributed by atoms with van der Waals surface area (Å²) in [4.78, 5) is 4.37. The van der Waals surface area contributed by atoms with Crippen molar-refractivity contribution in [3.05, 3.63) is 52.3 Å². The highest BCUT2D eigenvalue weighted by molar-refractivity contribution is 9.10. The lowest BCUT2D eigenvalue weighted by Gasteiger charge is -2.12. The first-order chi connectivity index (χ1) is 9.70. The molecule has 3 rings (SSSR count). The quantitative estimate of drug-likeness (QED) is 0.891. The molecule has 1 fully saturated rings. The maximum absolute atomic E-state index is 6.01. The predicted molar refractivity (Wildman–Crippen MR) is 83.1 cm³/mol. The topological polar surface area (TPSA) is 34.1 Å². The van der Waals surface area contributed by atoms with Crippen LogP contribution in [0.5, 0.6) is 11.5 Å². The Labute approximate surface area is 127 Å². The van der Waals surface area contributed by atoms with Crippen molar-refractivity contribution >= 4 is 15.9 Å². The van der Waals surface area contributed by atoms with Crippen molar-refractivity contribution in [2.75, 3.05) is 0 Å². The van der Waals surface area contributed by atoms with Crippen molar-refractivity contribution in [3.8, 4) is 11.5 Å². The molecular weight excluding hydrogens is 316 g/mol. The molecule has 1 N–H and O–H groups in total. The molecule has 3 nitrogen and oxygen atoms in total. The first-order valence-corrected chi connectivity index (χ1v) is 7.62. The van der Waals surface area contributed by atoms with Crippen molar-refractivity contribution in [3.63, 3.8) is 0 Å². The fourth-order valence-electron chi connectivity index (χ4n) is 1.99. The molecule has 1 aliphatic carbocycles. The van der Waals surface area contributed by atoms with E-state index in [1.807, 2.05) is 43.5 Å². The minimum Gasteiger partial charge on any atom is -0.457 e. The highest BCUT2D eigenvalue weighted by atomic mass is 79.9. The molecular formula is C16H17BrN2O. The van der Waals surface area contributed by atoms with E-state index in [-0.39, 0.29) is 0 Å². The molecule has 1 aromatic carbocycles. The number of ether oxygens (including phenoxy) is 1. The van der Waals surface area contributed by atoms with Crippen LogP contribution in [0.3, 0.4) is 0 Å². The molecule has 0 spiro atoms. The molecule has 0 unspecified atom stereocenters. The molecule has 0 radical (unpaired) electrons. The second-order valence-electron chi connectivity index (χ2n) is 5.15. The van der Waals surface area contributed by atoms with Crippen LogP contribution in [0.4, 0.5) is 0 Å². The fraction of sp³-hybridized carbons (Fsp3) is 0.312. The summed E-state index contributed by atoms with van der Waals surface area (Å²) in [6, 6.07) is 10.5. The Hall–Kier alpha value is -1.39. The van der Waals surface area contributed by atoms with Crippen LogP contribution in [0.1, 0.15) is 24.1 Å². The summed E-state index contributed by atoms with van der Waals surface area (Å²) in [5.74, 6) is 1.71. The van der Waals surface area contributed by atoms with Gasteiger partial charge in [0.25, 0.3) is 0 Å². The lowest BCUT2D eigenvalue weighted by Crippen LogP contribution is -2.16. The number of hydrogen-bond acceptors (Lipinski definition) is 3. The molecule has 0 saturated heterocycles. The van der Waals surface area contributed by atoms with E-state index in [1.165, 1.54) is 12.8 Å². The van der Waals surface area contributed by atoms with Gasteiger partial charge in [-0.3, -0.25) is 4.98 Å². The van der Waals surface area contributed by atoms with E-state index in [1.54, 1.807) is 0 Å². The first-order valence-electron chi connectivity index (χ1n) is 6.83. The predicted octanol–water partition coefficient (Wildman–Crippen LogP) is 4.20. The number of hydrogen-bond donors (Lipinski definition) is 1. The summed E-state index contributed by atoms with van der Waals surface area (Å²) in [5, 5.41) is 3.50. The van der Waals surface area contributed by atoms with Crippen LogP contribution in [-0.2, 0) is 6.54 Å². The van der Waals surface area contributed by atoms with Gasteiger partial charge < -0.3 is 10.1 Å². The van der Waals surface area contributed by atoms with Gasteiger partial charge >= 0.3 is 0 Å². The molecule has 0 amide bonds. The van der Waals surface area contributed by atoms with E-state index in [2.05, 4.69) is 26.2 Å². The Balaban J connectivity index is 1.80. The van der Waals surface area contributed by atoms with E-state index >= 15 is 0 Å². The van der Waals surface area contributed by atoms with E-state index in [9.17, 15) is 0 Å². The summed E-state index contributed by atoms with van der Waals surface area (Å²) < 4.78 is 7.03. The Kier molecular flexibility index (Phi) is 4.03. The molecule has 2 aromatic rings. The number of halogens is 1. The second-order valence-corrected chi connectivity index (χ2v) is 6.06. The molecule has 0 aliphatic heterocycles. The van der Waals surface area contributed by atoms with Gasteiger partial charge in [-0.15, -0.1) is 0 Å². The van der Waals surface area contributed by atoms with Crippen LogP contribution in [0.2, 0.25) is 0 Å². The van der Waals surface area contributed by atoms with Crippen molar-refractivity contribution in [2.24, 2.45) is 0 Å². The van der Waals surface area contributed by atoms with Crippen LogP contribution in [-0.4, -0.2) is 11.0 Å². The van der Waals surface area contributed by atoms with Crippen LogP contribution in [0.25, 0.3) is 0 Å². The molecule has 1 saturated carbocycles. The van der Waals surface area contributed by atoms with E-state index in [0.29, 0.717) is 6.04 Å². The average molecular weight is 333 g/mol. The maximum atomic E-state index is 6.01. The Bertz CT molecular complexity index is 611. The average Bonchev–Trinajstić information content (AvgIpc) is 3.22. The second kappa shape index (κ2) is 5.94. The minimum atomic E-state index is 0.676. The monoisotopic (exact) mass is 332 g/mol. The van der Waals surface area contributed by atoms with Crippen molar-refractivity contribution in [1.29, 1.82) is 0 Å². The van der Waals surface area contributed by atoms with Gasteiger partial charge in [0.05, 0.1) is 0 Å². The maximum Gasteiger partial charge on any atom is 0.135 e. The molecule has 0 bridgehead atoms. The van der Waals surface area contributed by atoms with Crippen molar-refractivity contribution in [2.45, 2.75) is 32.4 Å². The molecule has 20 heavy (non-hydrogen) atoms. The van der Waals surface area contributed by atoms with Gasteiger partial charge in [-0.2, -0.15) is 0 Å². The third kappa shape index (κ3) is 3.58. The molecule has 4 heteroatoms. The van der Waals surface area contributed by atoms with Crippen LogP contribution in [0, 0.1) is 6.92 Å². The number of pyridine rings is 1. The lowest BCUT2D eigenvalue weighted by atomic mass is 10.2. The smallest absolute Gasteiger partial charge is 0.135 e. The number of rotatable bonds is 5. The zero-order valence-corrected chi connectivity index (χ0v) is 13.0. The minimum absolute atomic E-state index is 0.676. The van der Waals surface area contributed by atoms with Crippen LogP contribution in [0.15, 0.2) is 41.0 Å². The van der Waals surface area contributed by atoms with Crippen LogP contribution < -0.4 is 10.1 Å². The number of nitrogens with one attached hydrogen (secondary N) is 1. The van der Waals surface area contributed by atoms with E-state index in [0.717, 1.165) is 33.8 Å². The standard InChI is InChI=1S/C16H17BrN2O/c1-11-7-16(20-15-4-2-3-13(17)8-15)12(9-18-11)10-19-14-5-6-14/h2-4,7-9,14,19H,5-6,10H2,1H3. The van der Waals surface area contributed by atoms with Crippen LogP contribution >= 0.6 is 15.9 Å². The number of aromatic nitrogens is 1. The summed E-state index contributed by atoms with van der Waals surface area (Å²) >= 11 is 3.46. The van der Waals surface area contributed by atoms with Gasteiger partial charge in [-0.05, 0) is 38.0 Å². The van der Waals surface area contributed by atoms with Gasteiger partial charge in [0.15, 0.2) is 0 Å². The van der Waals surface area contributed by atoms with Gasteiger partial charge in [-0.1, -0.05) is 22.0 Å². The van der Waals surface area contributed by atoms with Crippen molar-refractivity contribution < 1.29 is 4.74 Å². The Morgan fingerprint density at radius 3 is 2.95 bits per heavy atom. The zero-order chi connectivity index (χ0) is 13.9. The summed E-state index contributed by atoms with van der Waals surface area (Å²) in [5.41, 5.74) is 2.06. The molecule has 1 aliphatic rings. The Morgan fingerprint density at radius 2 is 2.20 bits per heavy atom. The molecule has 1 aromatic heterocycles. The first kappa shape index (κ1) is 13.6. The zero-order valence-electron chi connectivity index (χ0n) is 11.4. The largest absolute Gasteiger partial charge is 0.457 e. The highest BCUT2D eigenvalue weighted by Gasteiger charge is 2.20. The van der Waals surface area contributed by atoms with Gasteiger partial charge in [0, 0.05) is 40.6 Å². The summed E-state index contributed by atoms with van der Waals surface area (Å²) in [6.07, 6.45) is 4.46. The molecule has 104 valence electrons. The van der Waals surface area contributed by atoms with Crippen molar-refractivity contribution in [1.82, 2.24) is 10.3 Å². The Morgan fingerprint density at radius 1 is 1.35 bits per heavy atom. The van der Waals surface area contributed by atoms with Gasteiger partial charge in [0.2, 0.25) is 0 Å². The third-order valence-electron chi connectivity index (χ3n) is 3.26. The molecule has 0 atom stereocenters. The number of nitrogens with zero attached hydrogens (tertiary/aromatic N) is 1.